The molecule has 88 valence electrons. The van der Waals surface area contributed by atoms with E-state index in [2.05, 4.69) is 15.3 Å². The number of rotatable bonds is 2. The van der Waals surface area contributed by atoms with E-state index in [4.69, 9.17) is 17.3 Å². The van der Waals surface area contributed by atoms with Gasteiger partial charge in [-0.2, -0.15) is 4.98 Å². The van der Waals surface area contributed by atoms with Gasteiger partial charge in [-0.15, -0.1) is 0 Å². The van der Waals surface area contributed by atoms with E-state index in [-0.39, 0.29) is 23.2 Å². The molecule has 16 heavy (non-hydrogen) atoms. The van der Waals surface area contributed by atoms with Crippen LogP contribution in [0.15, 0.2) is 6.20 Å². The average Bonchev–Trinajstić information content (AvgIpc) is 2.27. The third kappa shape index (κ3) is 2.59. The molecular weight excluding hydrogens is 231 g/mol. The maximum absolute atomic E-state index is 13.4. The Bertz CT molecular complexity index is 374. The molecule has 0 amide bonds. The predicted octanol–water partition coefficient (Wildman–Crippen LogP) is 1.95. The third-order valence-electron chi connectivity index (χ3n) is 2.86. The van der Waals surface area contributed by atoms with E-state index >= 15 is 0 Å². The van der Waals surface area contributed by atoms with E-state index < -0.39 is 5.82 Å². The van der Waals surface area contributed by atoms with E-state index in [0.29, 0.717) is 0 Å². The van der Waals surface area contributed by atoms with Crippen LogP contribution in [0.1, 0.15) is 25.7 Å². The van der Waals surface area contributed by atoms with Crippen molar-refractivity contribution in [3.63, 3.8) is 0 Å². The average molecular weight is 245 g/mol. The predicted molar refractivity (Wildman–Crippen MR) is 60.9 cm³/mol. The molecule has 4 nitrogen and oxygen atoms in total. The van der Waals surface area contributed by atoms with Gasteiger partial charge in [0.25, 0.3) is 0 Å². The Kier molecular flexibility index (Phi) is 3.56. The Hall–Kier alpha value is -0.940. The molecule has 1 heterocycles. The van der Waals surface area contributed by atoms with E-state index in [1.165, 1.54) is 0 Å². The summed E-state index contributed by atoms with van der Waals surface area (Å²) in [5.41, 5.74) is 5.95. The van der Waals surface area contributed by atoms with Crippen LogP contribution in [0.4, 0.5) is 10.2 Å². The van der Waals surface area contributed by atoms with E-state index in [0.717, 1.165) is 31.9 Å². The molecule has 2 unspecified atom stereocenters. The first-order chi connectivity index (χ1) is 7.66. The van der Waals surface area contributed by atoms with Crippen molar-refractivity contribution in [3.05, 3.63) is 17.3 Å². The summed E-state index contributed by atoms with van der Waals surface area (Å²) >= 11 is 5.61. The lowest BCUT2D eigenvalue weighted by atomic mass is 9.91. The fraction of sp³-hybridized carbons (Fsp3) is 0.600. The van der Waals surface area contributed by atoms with E-state index in [1.54, 1.807) is 0 Å². The molecular formula is C10H14ClFN4. The molecule has 1 aromatic rings. The van der Waals surface area contributed by atoms with Crippen molar-refractivity contribution in [3.8, 4) is 0 Å². The van der Waals surface area contributed by atoms with Gasteiger partial charge in [-0.05, 0) is 24.4 Å². The van der Waals surface area contributed by atoms with E-state index in [9.17, 15) is 4.39 Å². The molecule has 1 aromatic heterocycles. The second kappa shape index (κ2) is 4.93. The number of halogens is 2. The monoisotopic (exact) mass is 244 g/mol. The molecule has 1 saturated carbocycles. The summed E-state index contributed by atoms with van der Waals surface area (Å²) in [7, 11) is 0. The van der Waals surface area contributed by atoms with Crippen LogP contribution >= 0.6 is 11.6 Å². The SMILES string of the molecule is NC1CCCCC1Nc1nc(Cl)ncc1F. The van der Waals surface area contributed by atoms with Gasteiger partial charge in [0.15, 0.2) is 11.6 Å². The molecule has 0 aliphatic heterocycles. The topological polar surface area (TPSA) is 63.8 Å². The molecule has 0 bridgehead atoms. The number of hydrogen-bond acceptors (Lipinski definition) is 4. The van der Waals surface area contributed by atoms with Crippen molar-refractivity contribution >= 4 is 17.4 Å². The van der Waals surface area contributed by atoms with Crippen molar-refractivity contribution < 1.29 is 4.39 Å². The van der Waals surface area contributed by atoms with Crippen LogP contribution in [-0.4, -0.2) is 22.1 Å². The number of hydrogen-bond donors (Lipinski definition) is 2. The van der Waals surface area contributed by atoms with Gasteiger partial charge in [0.2, 0.25) is 5.28 Å². The van der Waals surface area contributed by atoms with Gasteiger partial charge in [0.1, 0.15) is 0 Å². The lowest BCUT2D eigenvalue weighted by molar-refractivity contribution is 0.401. The van der Waals surface area contributed by atoms with Crippen molar-refractivity contribution in [2.75, 3.05) is 5.32 Å². The quantitative estimate of drug-likeness (QED) is 0.781. The molecule has 0 saturated heterocycles. The highest BCUT2D eigenvalue weighted by atomic mass is 35.5. The standard InChI is InChI=1S/C10H14ClFN4/c11-10-14-5-6(12)9(16-10)15-8-4-2-1-3-7(8)13/h5,7-8H,1-4,13H2,(H,14,15,16). The van der Waals surface area contributed by atoms with Gasteiger partial charge in [-0.1, -0.05) is 12.8 Å². The summed E-state index contributed by atoms with van der Waals surface area (Å²) in [4.78, 5) is 7.37. The number of nitrogens with zero attached hydrogens (tertiary/aromatic N) is 2. The smallest absolute Gasteiger partial charge is 0.224 e. The van der Waals surface area contributed by atoms with Crippen LogP contribution in [-0.2, 0) is 0 Å². The Morgan fingerprint density at radius 3 is 2.94 bits per heavy atom. The number of nitrogens with one attached hydrogen (secondary N) is 1. The van der Waals surface area contributed by atoms with E-state index in [1.807, 2.05) is 0 Å². The largest absolute Gasteiger partial charge is 0.363 e. The molecule has 2 rings (SSSR count). The first-order valence-corrected chi connectivity index (χ1v) is 5.75. The van der Waals surface area contributed by atoms with Crippen LogP contribution in [0.3, 0.4) is 0 Å². The zero-order valence-electron chi connectivity index (χ0n) is 8.79. The van der Waals surface area contributed by atoms with Gasteiger partial charge in [0.05, 0.1) is 6.20 Å². The molecule has 1 aliphatic carbocycles. The molecule has 0 radical (unpaired) electrons. The minimum atomic E-state index is -0.498. The van der Waals surface area contributed by atoms with Crippen molar-refractivity contribution in [2.45, 2.75) is 37.8 Å². The third-order valence-corrected chi connectivity index (χ3v) is 3.04. The van der Waals surface area contributed by atoms with Crippen molar-refractivity contribution in [2.24, 2.45) is 5.73 Å². The molecule has 6 heteroatoms. The Balaban J connectivity index is 2.10. The van der Waals surface area contributed by atoms with Gasteiger partial charge < -0.3 is 11.1 Å². The Morgan fingerprint density at radius 2 is 2.19 bits per heavy atom. The summed E-state index contributed by atoms with van der Waals surface area (Å²) in [6, 6.07) is 0.108. The lowest BCUT2D eigenvalue weighted by Crippen LogP contribution is -2.43. The number of aromatic nitrogens is 2. The van der Waals surface area contributed by atoms with Gasteiger partial charge in [-0.25, -0.2) is 9.37 Å². The number of nitrogens with two attached hydrogens (primary N) is 1. The molecule has 0 aromatic carbocycles. The summed E-state index contributed by atoms with van der Waals surface area (Å²) in [5, 5.41) is 3.04. The molecule has 0 spiro atoms. The summed E-state index contributed by atoms with van der Waals surface area (Å²) in [6.07, 6.45) is 5.19. The fourth-order valence-corrected chi connectivity index (χ4v) is 2.09. The van der Waals surface area contributed by atoms with Crippen LogP contribution < -0.4 is 11.1 Å². The van der Waals surface area contributed by atoms with Crippen LogP contribution in [0.25, 0.3) is 0 Å². The molecule has 2 atom stereocenters. The first-order valence-electron chi connectivity index (χ1n) is 5.37. The molecule has 1 aliphatic rings. The van der Waals surface area contributed by atoms with Crippen LogP contribution in [0, 0.1) is 5.82 Å². The Morgan fingerprint density at radius 1 is 1.44 bits per heavy atom. The second-order valence-electron chi connectivity index (χ2n) is 4.03. The number of anilines is 1. The minimum absolute atomic E-state index is 0.0354. The molecule has 3 N–H and O–H groups in total. The summed E-state index contributed by atoms with van der Waals surface area (Å²) in [6.45, 7) is 0. The van der Waals surface area contributed by atoms with Gasteiger partial charge >= 0.3 is 0 Å². The maximum Gasteiger partial charge on any atom is 0.224 e. The fourth-order valence-electron chi connectivity index (χ4n) is 1.96. The highest BCUT2D eigenvalue weighted by Crippen LogP contribution is 2.21. The Labute approximate surface area is 98.4 Å². The van der Waals surface area contributed by atoms with Crippen LogP contribution in [0.5, 0.6) is 0 Å². The maximum atomic E-state index is 13.4. The first kappa shape index (κ1) is 11.5. The summed E-state index contributed by atoms with van der Waals surface area (Å²) < 4.78 is 13.4. The van der Waals surface area contributed by atoms with Gasteiger partial charge in [0, 0.05) is 12.1 Å². The molecule has 1 fully saturated rings. The minimum Gasteiger partial charge on any atom is -0.363 e. The zero-order chi connectivity index (χ0) is 11.5. The van der Waals surface area contributed by atoms with Gasteiger partial charge in [-0.3, -0.25) is 0 Å². The van der Waals surface area contributed by atoms with Crippen LogP contribution in [0.2, 0.25) is 5.28 Å². The van der Waals surface area contributed by atoms with Crippen molar-refractivity contribution in [1.29, 1.82) is 0 Å². The lowest BCUT2D eigenvalue weighted by Gasteiger charge is -2.29. The second-order valence-corrected chi connectivity index (χ2v) is 4.37. The van der Waals surface area contributed by atoms with Crippen molar-refractivity contribution in [1.82, 2.24) is 9.97 Å². The zero-order valence-corrected chi connectivity index (χ0v) is 9.54. The normalized spacial score (nSPS) is 25.4. The summed E-state index contributed by atoms with van der Waals surface area (Å²) in [5.74, 6) is -0.357. The highest BCUT2D eigenvalue weighted by Gasteiger charge is 2.23. The highest BCUT2D eigenvalue weighted by molar-refractivity contribution is 6.28.